The number of carbonyl (C=O) groups is 3. The van der Waals surface area contributed by atoms with Gasteiger partial charge in [0, 0.05) is 40.7 Å². The lowest BCUT2D eigenvalue weighted by Gasteiger charge is -2.07. The molecule has 0 amide bonds. The number of pyridine rings is 2. The van der Waals surface area contributed by atoms with Crippen molar-refractivity contribution in [1.82, 2.24) is 19.9 Å². The first-order valence-corrected chi connectivity index (χ1v) is 13.4. The first kappa shape index (κ1) is 40.8. The maximum Gasteiger partial charge on any atom is 0.490 e. The van der Waals surface area contributed by atoms with Crippen molar-refractivity contribution in [2.45, 2.75) is 25.5 Å². The Bertz CT molecular complexity index is 1860. The van der Waals surface area contributed by atoms with E-state index in [0.29, 0.717) is 0 Å². The number of carboxylic acids is 3. The van der Waals surface area contributed by atoms with Gasteiger partial charge in [-0.05, 0) is 73.7 Å². The van der Waals surface area contributed by atoms with Crippen LogP contribution in [0.3, 0.4) is 0 Å². The third-order valence-corrected chi connectivity index (χ3v) is 5.49. The zero-order valence-corrected chi connectivity index (χ0v) is 25.4. The number of aryl methyl sites for hydroxylation is 1. The summed E-state index contributed by atoms with van der Waals surface area (Å²) < 4.78 is 95.2. The Morgan fingerprint density at radius 1 is 0.627 bits per heavy atom. The van der Waals surface area contributed by atoms with E-state index >= 15 is 0 Å². The topological polar surface area (TPSA) is 190 Å². The summed E-state index contributed by atoms with van der Waals surface area (Å²) in [5.41, 5.74) is 6.89. The summed E-state index contributed by atoms with van der Waals surface area (Å²) in [6.45, 7) is 1.98. The maximum atomic E-state index is 10.6. The number of hydrogen-bond donors (Lipinski definition) is 6. The van der Waals surface area contributed by atoms with Crippen molar-refractivity contribution in [2.75, 3.05) is 10.6 Å². The van der Waals surface area contributed by atoms with Crippen molar-refractivity contribution >= 4 is 51.8 Å². The van der Waals surface area contributed by atoms with E-state index in [1.165, 1.54) is 0 Å². The Morgan fingerprint density at radius 3 is 1.61 bits per heavy atom. The molecule has 21 heteroatoms. The number of aromatic amines is 1. The normalized spacial score (nSPS) is 11.0. The fraction of sp³-hybridized carbons (Fsp3) is 0.133. The Balaban J connectivity index is 0.000000352. The molecule has 3 heterocycles. The number of imidazole rings is 1. The van der Waals surface area contributed by atoms with Crippen molar-refractivity contribution in [3.63, 3.8) is 0 Å². The van der Waals surface area contributed by atoms with Crippen LogP contribution < -0.4 is 10.6 Å². The van der Waals surface area contributed by atoms with Crippen LogP contribution >= 0.6 is 0 Å². The molecule has 0 bridgehead atoms. The first-order chi connectivity index (χ1) is 23.6. The van der Waals surface area contributed by atoms with Gasteiger partial charge in [-0.2, -0.15) is 39.5 Å². The molecular formula is C30H23F9N6O6. The zero-order chi connectivity index (χ0) is 38.6. The molecule has 5 rings (SSSR count). The fourth-order valence-electron chi connectivity index (χ4n) is 3.31. The SMILES string of the molecule is Cc1cc(Nc2ccc(-c3nc4cc(Nc5ccccn5)ccc4[nH]3)cc2)ccn1.O=C(O)C(F)(F)F.O=C(O)C(F)(F)F.O=C(O)C(F)(F)F. The second-order valence-corrected chi connectivity index (χ2v) is 9.45. The average Bonchev–Trinajstić information content (AvgIpc) is 3.45. The van der Waals surface area contributed by atoms with Crippen LogP contribution in [-0.2, 0) is 14.4 Å². The van der Waals surface area contributed by atoms with Crippen LogP contribution in [0, 0.1) is 6.92 Å². The van der Waals surface area contributed by atoms with Crippen LogP contribution in [0.2, 0.25) is 0 Å². The minimum atomic E-state index is -5.08. The fourth-order valence-corrected chi connectivity index (χ4v) is 3.31. The van der Waals surface area contributed by atoms with Gasteiger partial charge in [-0.3, -0.25) is 4.98 Å². The van der Waals surface area contributed by atoms with Crippen LogP contribution in [0.25, 0.3) is 22.4 Å². The zero-order valence-electron chi connectivity index (χ0n) is 25.4. The summed E-state index contributed by atoms with van der Waals surface area (Å²) in [5, 5.41) is 28.1. The molecule has 0 spiro atoms. The number of alkyl halides is 9. The summed E-state index contributed by atoms with van der Waals surface area (Å²) in [6.07, 6.45) is -11.7. The lowest BCUT2D eigenvalue weighted by molar-refractivity contribution is -0.193. The van der Waals surface area contributed by atoms with E-state index in [4.69, 9.17) is 34.7 Å². The quantitative estimate of drug-likeness (QED) is 0.0970. The molecule has 0 fully saturated rings. The van der Waals surface area contributed by atoms with Gasteiger partial charge in [0.2, 0.25) is 0 Å². The lowest BCUT2D eigenvalue weighted by atomic mass is 10.2. The smallest absolute Gasteiger partial charge is 0.475 e. The van der Waals surface area contributed by atoms with Crippen LogP contribution in [0.1, 0.15) is 5.69 Å². The number of aromatic nitrogens is 4. The van der Waals surface area contributed by atoms with E-state index in [1.807, 2.05) is 67.6 Å². The van der Waals surface area contributed by atoms with Crippen LogP contribution in [0.5, 0.6) is 0 Å². The number of nitrogens with one attached hydrogen (secondary N) is 3. The molecule has 0 aliphatic heterocycles. The van der Waals surface area contributed by atoms with Gasteiger partial charge < -0.3 is 30.9 Å². The highest BCUT2D eigenvalue weighted by atomic mass is 19.4. The lowest BCUT2D eigenvalue weighted by Crippen LogP contribution is -2.21. The number of hydrogen-bond acceptors (Lipinski definition) is 8. The predicted molar refractivity (Wildman–Crippen MR) is 162 cm³/mol. The molecule has 6 N–H and O–H groups in total. The van der Waals surface area contributed by atoms with Gasteiger partial charge >= 0.3 is 36.4 Å². The Hall–Kier alpha value is -6.41. The van der Waals surface area contributed by atoms with Crippen LogP contribution in [0.4, 0.5) is 62.4 Å². The molecule has 12 nitrogen and oxygen atoms in total. The van der Waals surface area contributed by atoms with Crippen LogP contribution in [-0.4, -0.2) is 71.7 Å². The number of H-pyrrole nitrogens is 1. The van der Waals surface area contributed by atoms with Gasteiger partial charge in [0.25, 0.3) is 0 Å². The van der Waals surface area contributed by atoms with Gasteiger partial charge in [-0.25, -0.2) is 24.4 Å². The van der Waals surface area contributed by atoms with Crippen molar-refractivity contribution < 1.29 is 69.2 Å². The van der Waals surface area contributed by atoms with Gasteiger partial charge in [-0.15, -0.1) is 0 Å². The number of carboxylic acid groups (broad SMARTS) is 3. The molecular weight excluding hydrogens is 711 g/mol. The molecule has 0 radical (unpaired) electrons. The van der Waals surface area contributed by atoms with Gasteiger partial charge in [0.05, 0.1) is 11.0 Å². The first-order valence-electron chi connectivity index (χ1n) is 13.4. The van der Waals surface area contributed by atoms with E-state index in [-0.39, 0.29) is 0 Å². The molecule has 0 unspecified atom stereocenters. The van der Waals surface area contributed by atoms with E-state index in [2.05, 4.69) is 37.7 Å². The van der Waals surface area contributed by atoms with Crippen molar-refractivity contribution in [2.24, 2.45) is 0 Å². The van der Waals surface area contributed by atoms with Crippen molar-refractivity contribution in [3.8, 4) is 11.4 Å². The van der Waals surface area contributed by atoms with E-state index in [9.17, 15) is 39.5 Å². The molecule has 0 saturated carbocycles. The highest BCUT2D eigenvalue weighted by Gasteiger charge is 2.39. The van der Waals surface area contributed by atoms with Gasteiger partial charge in [-0.1, -0.05) is 6.07 Å². The summed E-state index contributed by atoms with van der Waals surface area (Å²) in [5.74, 6) is -6.63. The van der Waals surface area contributed by atoms with E-state index in [1.54, 1.807) is 12.4 Å². The van der Waals surface area contributed by atoms with Gasteiger partial charge in [0.15, 0.2) is 0 Å². The molecule has 0 atom stereocenters. The number of fused-ring (bicyclic) bond motifs is 1. The molecule has 2 aromatic carbocycles. The van der Waals surface area contributed by atoms with E-state index < -0.39 is 36.4 Å². The van der Waals surface area contributed by atoms with Crippen molar-refractivity contribution in [1.29, 1.82) is 0 Å². The van der Waals surface area contributed by atoms with Crippen molar-refractivity contribution in [3.05, 3.63) is 90.9 Å². The molecule has 3 aromatic heterocycles. The molecule has 51 heavy (non-hydrogen) atoms. The number of rotatable bonds is 5. The monoisotopic (exact) mass is 734 g/mol. The largest absolute Gasteiger partial charge is 0.490 e. The average molecular weight is 735 g/mol. The highest BCUT2D eigenvalue weighted by Crippen LogP contribution is 2.26. The van der Waals surface area contributed by atoms with Crippen LogP contribution in [0.15, 0.2) is 85.2 Å². The predicted octanol–water partition coefficient (Wildman–Crippen LogP) is 7.72. The number of anilines is 4. The number of nitrogens with zero attached hydrogens (tertiary/aromatic N) is 3. The summed E-state index contributed by atoms with van der Waals surface area (Å²) >= 11 is 0. The molecule has 0 saturated heterocycles. The summed E-state index contributed by atoms with van der Waals surface area (Å²) in [4.78, 5) is 43.4. The number of aliphatic carboxylic acids is 3. The maximum absolute atomic E-state index is 10.6. The Labute approximate surface area is 279 Å². The highest BCUT2D eigenvalue weighted by molar-refractivity contribution is 5.83. The summed E-state index contributed by atoms with van der Waals surface area (Å²) in [6, 6.07) is 24.0. The summed E-state index contributed by atoms with van der Waals surface area (Å²) in [7, 11) is 0. The second kappa shape index (κ2) is 17.3. The molecule has 272 valence electrons. The van der Waals surface area contributed by atoms with Gasteiger partial charge in [0.1, 0.15) is 11.6 Å². The third-order valence-electron chi connectivity index (χ3n) is 5.49. The standard InChI is InChI=1S/C24H20N6.3C2HF3O2/c1-16-14-20(11-13-25-16)27-18-7-5-17(6-8-18)24-29-21-10-9-19(15-22(21)30-24)28-23-4-2-3-12-26-23;3*3-2(4,5)1(6)7/h2-15H,1H3,(H,25,27)(H,26,28)(H,29,30);3*(H,6,7). The number of benzene rings is 2. The molecule has 0 aliphatic rings. The minimum absolute atomic E-state index is 0.806. The second-order valence-electron chi connectivity index (χ2n) is 9.45. The molecule has 5 aromatic rings. The third kappa shape index (κ3) is 14.3. The number of halogens is 9. The Kier molecular flexibility index (Phi) is 13.8. The van der Waals surface area contributed by atoms with E-state index in [0.717, 1.165) is 51.0 Å². The Morgan fingerprint density at radius 2 is 1.14 bits per heavy atom. The molecule has 0 aliphatic carbocycles. The minimum Gasteiger partial charge on any atom is -0.475 e.